The average molecular weight is 573 g/mol. The number of fused-ring (bicyclic) bond motifs is 3. The Morgan fingerprint density at radius 1 is 1.10 bits per heavy atom. The van der Waals surface area contributed by atoms with Crippen LogP contribution in [0, 0.1) is 5.82 Å². The Bertz CT molecular complexity index is 1380. The number of rotatable bonds is 8. The first-order valence-electron chi connectivity index (χ1n) is 14.3. The summed E-state index contributed by atoms with van der Waals surface area (Å²) in [4.78, 5) is 14.7. The highest BCUT2D eigenvalue weighted by Gasteiger charge is 2.48. The smallest absolute Gasteiger partial charge is 0.296 e. The average Bonchev–Trinajstić information content (AvgIpc) is 3.71. The molecule has 0 radical (unpaired) electrons. The minimum absolute atomic E-state index is 0.0203. The molecule has 1 aromatic carbocycles. The molecule has 2 aromatic heterocycles. The molecule has 5 atom stereocenters. The number of hydrogen-bond donors (Lipinski definition) is 2. The van der Waals surface area contributed by atoms with Crippen LogP contribution < -0.4 is 9.47 Å². The second-order valence-electron chi connectivity index (χ2n) is 11.3. The summed E-state index contributed by atoms with van der Waals surface area (Å²) >= 11 is 6.63. The topological polar surface area (TPSA) is 102 Å². The second-order valence-corrected chi connectivity index (χ2v) is 11.7. The highest BCUT2D eigenvalue weighted by molar-refractivity contribution is 6.31. The van der Waals surface area contributed by atoms with Crippen LogP contribution in [0.1, 0.15) is 48.4 Å². The zero-order chi connectivity index (χ0) is 27.2. The minimum Gasteiger partial charge on any atom is -0.492 e. The van der Waals surface area contributed by atoms with Crippen LogP contribution in [0.4, 0.5) is 4.39 Å². The van der Waals surface area contributed by atoms with Crippen molar-refractivity contribution in [3.8, 4) is 11.8 Å². The van der Waals surface area contributed by atoms with E-state index in [1.807, 2.05) is 6.07 Å². The predicted molar refractivity (Wildman–Crippen MR) is 146 cm³/mol. The van der Waals surface area contributed by atoms with Crippen molar-refractivity contribution in [3.05, 3.63) is 45.9 Å². The number of hydrogen-bond acceptors (Lipinski definition) is 8. The van der Waals surface area contributed by atoms with E-state index < -0.39 is 6.10 Å². The summed E-state index contributed by atoms with van der Waals surface area (Å²) in [6.45, 7) is 4.22. The molecular weight excluding hydrogens is 539 g/mol. The molecule has 3 fully saturated rings. The SMILES string of the molecule is O[C@@H]1CO[C@H]2[C@@H]1OC[C@H]2Oc1nc2nc(CC3CCc4cc(OCCN5CCCCC5)cc(F)c43)c(Cl)cc2[nH]1. The lowest BCUT2D eigenvalue weighted by Gasteiger charge is -2.26. The van der Waals surface area contributed by atoms with Crippen molar-refractivity contribution in [1.82, 2.24) is 19.9 Å². The molecule has 2 N–H and O–H groups in total. The van der Waals surface area contributed by atoms with Crippen LogP contribution in [0.3, 0.4) is 0 Å². The number of aryl methyl sites for hydroxylation is 1. The molecule has 0 spiro atoms. The van der Waals surface area contributed by atoms with Gasteiger partial charge in [0.15, 0.2) is 11.8 Å². The maximum absolute atomic E-state index is 15.3. The number of likely N-dealkylation sites (tertiary alicyclic amines) is 1. The zero-order valence-corrected chi connectivity index (χ0v) is 23.0. The van der Waals surface area contributed by atoms with E-state index in [0.717, 1.165) is 43.6 Å². The Balaban J connectivity index is 1.02. The number of benzene rings is 1. The lowest BCUT2D eigenvalue weighted by molar-refractivity contribution is 0.00706. The van der Waals surface area contributed by atoms with Gasteiger partial charge in [-0.3, -0.25) is 4.90 Å². The van der Waals surface area contributed by atoms with Crippen molar-refractivity contribution in [3.63, 3.8) is 0 Å². The molecule has 40 heavy (non-hydrogen) atoms. The van der Waals surface area contributed by atoms with Gasteiger partial charge in [0, 0.05) is 12.6 Å². The highest BCUT2D eigenvalue weighted by Crippen LogP contribution is 2.40. The highest BCUT2D eigenvalue weighted by atomic mass is 35.5. The number of ether oxygens (including phenoxy) is 4. The van der Waals surface area contributed by atoms with Crippen molar-refractivity contribution in [2.24, 2.45) is 0 Å². The fourth-order valence-electron chi connectivity index (χ4n) is 6.60. The molecule has 9 nitrogen and oxygen atoms in total. The Labute approximate surface area is 236 Å². The van der Waals surface area contributed by atoms with Crippen LogP contribution in [0.2, 0.25) is 5.02 Å². The largest absolute Gasteiger partial charge is 0.492 e. The first-order chi connectivity index (χ1) is 19.5. The third-order valence-corrected chi connectivity index (χ3v) is 8.97. The Kier molecular flexibility index (Phi) is 7.30. The summed E-state index contributed by atoms with van der Waals surface area (Å²) < 4.78 is 38.5. The van der Waals surface area contributed by atoms with Crippen molar-refractivity contribution in [1.29, 1.82) is 0 Å². The minimum atomic E-state index is -0.647. The third kappa shape index (κ3) is 5.16. The summed E-state index contributed by atoms with van der Waals surface area (Å²) in [6.07, 6.45) is 4.18. The van der Waals surface area contributed by atoms with Crippen molar-refractivity contribution < 1.29 is 28.4 Å². The number of nitrogens with zero attached hydrogens (tertiary/aromatic N) is 3. The van der Waals surface area contributed by atoms with Crippen LogP contribution in [-0.2, 0) is 22.3 Å². The summed E-state index contributed by atoms with van der Waals surface area (Å²) in [5.74, 6) is 0.358. The standard InChI is InChI=1S/C29H34ClFN4O5/c30-19-13-22-28(34-29(33-22)40-24-15-39-26-23(36)14-38-27(24)26)32-21(19)11-17-5-4-16-10-18(12-20(31)25(16)17)37-9-8-35-6-2-1-3-7-35/h10,12-13,17,23-24,26-27,36H,1-9,11,14-15H2,(H,32,33,34)/t17?,23-,24-,26-,27-/m1/s1. The maximum atomic E-state index is 15.3. The van der Waals surface area contributed by atoms with Crippen LogP contribution in [0.25, 0.3) is 11.2 Å². The molecule has 0 bridgehead atoms. The number of aliphatic hydroxyl groups is 1. The number of aromatic nitrogens is 3. The van der Waals surface area contributed by atoms with E-state index in [2.05, 4.69) is 14.9 Å². The van der Waals surface area contributed by atoms with Crippen molar-refractivity contribution in [2.75, 3.05) is 39.5 Å². The zero-order valence-electron chi connectivity index (χ0n) is 22.3. The van der Waals surface area contributed by atoms with Gasteiger partial charge in [0.1, 0.15) is 36.5 Å². The fourth-order valence-corrected chi connectivity index (χ4v) is 6.83. The predicted octanol–water partition coefficient (Wildman–Crippen LogP) is 3.79. The summed E-state index contributed by atoms with van der Waals surface area (Å²) in [7, 11) is 0. The van der Waals surface area contributed by atoms with Gasteiger partial charge in [0.2, 0.25) is 0 Å². The maximum Gasteiger partial charge on any atom is 0.296 e. The number of aromatic amines is 1. The van der Waals surface area contributed by atoms with Gasteiger partial charge >= 0.3 is 0 Å². The number of pyridine rings is 1. The molecule has 3 saturated heterocycles. The van der Waals surface area contributed by atoms with E-state index in [0.29, 0.717) is 53.3 Å². The Morgan fingerprint density at radius 2 is 1.95 bits per heavy atom. The molecule has 1 aliphatic carbocycles. The Hall–Kier alpha value is -2.50. The quantitative estimate of drug-likeness (QED) is 0.420. The molecule has 4 aliphatic rings. The number of nitrogens with one attached hydrogen (secondary N) is 1. The molecule has 3 aromatic rings. The first kappa shape index (κ1) is 26.4. The van der Waals surface area contributed by atoms with Gasteiger partial charge in [-0.2, -0.15) is 4.98 Å². The van der Waals surface area contributed by atoms with Crippen LogP contribution in [0.15, 0.2) is 18.2 Å². The van der Waals surface area contributed by atoms with E-state index in [9.17, 15) is 5.11 Å². The monoisotopic (exact) mass is 572 g/mol. The fraction of sp³-hybridized carbons (Fsp3) is 0.586. The van der Waals surface area contributed by atoms with Crippen LogP contribution in [0.5, 0.6) is 11.8 Å². The normalized spacial score (nSPS) is 28.2. The molecule has 0 saturated carbocycles. The van der Waals surface area contributed by atoms with Gasteiger partial charge < -0.3 is 29.0 Å². The van der Waals surface area contributed by atoms with Gasteiger partial charge in [-0.25, -0.2) is 9.37 Å². The summed E-state index contributed by atoms with van der Waals surface area (Å²) in [5, 5.41) is 10.5. The number of H-pyrrole nitrogens is 1. The number of piperidine rings is 1. The van der Waals surface area contributed by atoms with Crippen molar-refractivity contribution in [2.45, 2.75) is 68.9 Å². The van der Waals surface area contributed by atoms with Gasteiger partial charge in [0.05, 0.1) is 29.4 Å². The number of halogens is 2. The lowest BCUT2D eigenvalue weighted by atomic mass is 9.95. The third-order valence-electron chi connectivity index (χ3n) is 8.65. The summed E-state index contributed by atoms with van der Waals surface area (Å²) in [5.41, 5.74) is 3.55. The van der Waals surface area contributed by atoms with Gasteiger partial charge in [-0.05, 0) is 74.4 Å². The van der Waals surface area contributed by atoms with Crippen molar-refractivity contribution >= 4 is 22.8 Å². The summed E-state index contributed by atoms with van der Waals surface area (Å²) in [6, 6.07) is 5.59. The molecule has 3 aliphatic heterocycles. The molecule has 11 heteroatoms. The van der Waals surface area contributed by atoms with E-state index in [-0.39, 0.29) is 36.7 Å². The van der Waals surface area contributed by atoms with E-state index in [1.54, 1.807) is 6.07 Å². The molecule has 214 valence electrons. The molecule has 5 heterocycles. The number of aliphatic hydroxyl groups excluding tert-OH is 1. The second kappa shape index (κ2) is 11.1. The molecular formula is C29H34ClFN4O5. The van der Waals surface area contributed by atoms with Crippen LogP contribution in [-0.4, -0.2) is 88.8 Å². The molecule has 1 unspecified atom stereocenters. The number of imidazole rings is 1. The van der Waals surface area contributed by atoms with E-state index in [1.165, 1.54) is 25.3 Å². The van der Waals surface area contributed by atoms with E-state index >= 15 is 4.39 Å². The van der Waals surface area contributed by atoms with E-state index in [4.69, 9.17) is 35.5 Å². The van der Waals surface area contributed by atoms with Gasteiger partial charge in [-0.15, -0.1) is 0 Å². The van der Waals surface area contributed by atoms with Crippen LogP contribution >= 0.6 is 11.6 Å². The molecule has 0 amide bonds. The Morgan fingerprint density at radius 3 is 2.83 bits per heavy atom. The van der Waals surface area contributed by atoms with Gasteiger partial charge in [-0.1, -0.05) is 18.0 Å². The first-order valence-corrected chi connectivity index (χ1v) is 14.7. The van der Waals surface area contributed by atoms with Gasteiger partial charge in [0.25, 0.3) is 6.01 Å². The molecule has 7 rings (SSSR count). The lowest BCUT2D eigenvalue weighted by Crippen LogP contribution is -2.34.